The van der Waals surface area contributed by atoms with E-state index >= 15 is 0 Å². The quantitative estimate of drug-likeness (QED) is 0.713. The smallest absolute Gasteiger partial charge is 0.255 e. The van der Waals surface area contributed by atoms with E-state index in [1.165, 1.54) is 0 Å². The minimum Gasteiger partial charge on any atom is -0.396 e. The molecule has 1 heterocycles. The van der Waals surface area contributed by atoms with E-state index in [0.29, 0.717) is 11.4 Å². The molecule has 1 aromatic heterocycles. The molecule has 1 aromatic rings. The summed E-state index contributed by atoms with van der Waals surface area (Å²) in [4.78, 5) is 16.5. The summed E-state index contributed by atoms with van der Waals surface area (Å²) in [6.45, 7) is 4.12. The standard InChI is InChI=1S/C15H21N3O2/c1-10(2)17-14-13(4-3-7-16-14)15(20)18-12-6-5-11(8-12)9-19/h3-7,10-12,19H,8-9H2,1-2H3,(H,16,17)(H,18,20)/t11-,12+/m0/s1. The SMILES string of the molecule is CC(C)Nc1ncccc1C(=O)N[C@@H]1C=C[C@H](CO)C1. The van der Waals surface area contributed by atoms with Crippen molar-refractivity contribution in [2.75, 3.05) is 11.9 Å². The Balaban J connectivity index is 2.04. The van der Waals surface area contributed by atoms with Gasteiger partial charge in [0.1, 0.15) is 5.82 Å². The van der Waals surface area contributed by atoms with Crippen LogP contribution in [0.25, 0.3) is 0 Å². The van der Waals surface area contributed by atoms with Crippen molar-refractivity contribution in [1.82, 2.24) is 10.3 Å². The van der Waals surface area contributed by atoms with Crippen LogP contribution < -0.4 is 10.6 Å². The number of carbonyl (C=O) groups excluding carboxylic acids is 1. The predicted octanol–water partition coefficient (Wildman–Crippen LogP) is 1.57. The molecule has 0 unspecified atom stereocenters. The maximum atomic E-state index is 12.3. The third-order valence-electron chi connectivity index (χ3n) is 3.20. The molecule has 3 N–H and O–H groups in total. The van der Waals surface area contributed by atoms with Crippen LogP contribution in [0.3, 0.4) is 0 Å². The summed E-state index contributed by atoms with van der Waals surface area (Å²) in [5.74, 6) is 0.595. The summed E-state index contributed by atoms with van der Waals surface area (Å²) < 4.78 is 0. The zero-order chi connectivity index (χ0) is 14.5. The molecule has 5 heteroatoms. The molecule has 2 rings (SSSR count). The van der Waals surface area contributed by atoms with Gasteiger partial charge in [-0.25, -0.2) is 4.98 Å². The van der Waals surface area contributed by atoms with Crippen LogP contribution in [-0.4, -0.2) is 34.7 Å². The monoisotopic (exact) mass is 275 g/mol. The van der Waals surface area contributed by atoms with E-state index in [1.54, 1.807) is 18.3 Å². The second-order valence-corrected chi connectivity index (χ2v) is 5.34. The van der Waals surface area contributed by atoms with Gasteiger partial charge in [-0.2, -0.15) is 0 Å². The summed E-state index contributed by atoms with van der Waals surface area (Å²) in [5.41, 5.74) is 0.544. The third kappa shape index (κ3) is 3.57. The molecule has 1 amide bonds. The van der Waals surface area contributed by atoms with Crippen molar-refractivity contribution in [2.45, 2.75) is 32.4 Å². The highest BCUT2D eigenvalue weighted by Crippen LogP contribution is 2.19. The maximum absolute atomic E-state index is 12.3. The lowest BCUT2D eigenvalue weighted by Crippen LogP contribution is -2.33. The molecule has 5 nitrogen and oxygen atoms in total. The van der Waals surface area contributed by atoms with Crippen LogP contribution in [0.1, 0.15) is 30.6 Å². The van der Waals surface area contributed by atoms with Crippen LogP contribution >= 0.6 is 0 Å². The van der Waals surface area contributed by atoms with Gasteiger partial charge in [0.15, 0.2) is 0 Å². The van der Waals surface area contributed by atoms with Crippen molar-refractivity contribution in [2.24, 2.45) is 5.92 Å². The van der Waals surface area contributed by atoms with Gasteiger partial charge in [-0.15, -0.1) is 0 Å². The lowest BCUT2D eigenvalue weighted by atomic mass is 10.1. The molecule has 0 spiro atoms. The molecule has 1 aliphatic carbocycles. The molecular weight excluding hydrogens is 254 g/mol. The number of anilines is 1. The average Bonchev–Trinajstić information content (AvgIpc) is 2.86. The molecule has 108 valence electrons. The van der Waals surface area contributed by atoms with Crippen LogP contribution in [0.15, 0.2) is 30.5 Å². The summed E-state index contributed by atoms with van der Waals surface area (Å²) in [6, 6.07) is 3.70. The Kier molecular flexibility index (Phi) is 4.74. The number of carbonyl (C=O) groups is 1. The Hall–Kier alpha value is -1.88. The molecule has 0 bridgehead atoms. The highest BCUT2D eigenvalue weighted by molar-refractivity contribution is 5.99. The van der Waals surface area contributed by atoms with Crippen molar-refractivity contribution >= 4 is 11.7 Å². The van der Waals surface area contributed by atoms with Crippen LogP contribution in [0, 0.1) is 5.92 Å². The molecule has 2 atom stereocenters. The van der Waals surface area contributed by atoms with Crippen LogP contribution in [0.5, 0.6) is 0 Å². The van der Waals surface area contributed by atoms with E-state index in [9.17, 15) is 4.79 Å². The van der Waals surface area contributed by atoms with Gasteiger partial charge in [0, 0.05) is 30.8 Å². The number of aromatic nitrogens is 1. The van der Waals surface area contributed by atoms with Crippen molar-refractivity contribution in [3.63, 3.8) is 0 Å². The highest BCUT2D eigenvalue weighted by Gasteiger charge is 2.21. The fraction of sp³-hybridized carbons (Fsp3) is 0.467. The maximum Gasteiger partial charge on any atom is 0.255 e. The average molecular weight is 275 g/mol. The first-order valence-corrected chi connectivity index (χ1v) is 6.91. The van der Waals surface area contributed by atoms with Crippen LogP contribution in [0.2, 0.25) is 0 Å². The van der Waals surface area contributed by atoms with Gasteiger partial charge in [-0.3, -0.25) is 4.79 Å². The fourth-order valence-corrected chi connectivity index (χ4v) is 2.24. The number of aliphatic hydroxyl groups excluding tert-OH is 1. The molecule has 1 aliphatic rings. The Bertz CT molecular complexity index is 500. The number of rotatable bonds is 5. The molecule has 0 aliphatic heterocycles. The van der Waals surface area contributed by atoms with Gasteiger partial charge in [-0.1, -0.05) is 12.2 Å². The molecule has 0 saturated heterocycles. The van der Waals surface area contributed by atoms with Gasteiger partial charge in [0.25, 0.3) is 5.91 Å². The lowest BCUT2D eigenvalue weighted by Gasteiger charge is -2.16. The summed E-state index contributed by atoms with van der Waals surface area (Å²) in [5, 5.41) is 15.2. The Labute approximate surface area is 119 Å². The first kappa shape index (κ1) is 14.5. The number of amides is 1. The minimum absolute atomic E-state index is 0.0215. The fourth-order valence-electron chi connectivity index (χ4n) is 2.24. The molecule has 0 saturated carbocycles. The first-order valence-electron chi connectivity index (χ1n) is 6.91. The number of hydrogen-bond donors (Lipinski definition) is 3. The zero-order valence-corrected chi connectivity index (χ0v) is 11.8. The Morgan fingerprint density at radius 1 is 1.50 bits per heavy atom. The van der Waals surface area contributed by atoms with Gasteiger partial charge >= 0.3 is 0 Å². The summed E-state index contributed by atoms with van der Waals surface area (Å²) in [6.07, 6.45) is 6.29. The predicted molar refractivity (Wildman–Crippen MR) is 78.6 cm³/mol. The topological polar surface area (TPSA) is 74.2 Å². The van der Waals surface area contributed by atoms with Gasteiger partial charge < -0.3 is 15.7 Å². The first-order chi connectivity index (χ1) is 9.60. The molecule has 0 radical (unpaired) electrons. The van der Waals surface area contributed by atoms with E-state index in [0.717, 1.165) is 6.42 Å². The highest BCUT2D eigenvalue weighted by atomic mass is 16.3. The normalized spacial score (nSPS) is 21.2. The van der Waals surface area contributed by atoms with Crippen molar-refractivity contribution < 1.29 is 9.90 Å². The van der Waals surface area contributed by atoms with Gasteiger partial charge in [0.05, 0.1) is 5.56 Å². The Morgan fingerprint density at radius 2 is 2.30 bits per heavy atom. The summed E-state index contributed by atoms with van der Waals surface area (Å²) in [7, 11) is 0. The molecule has 20 heavy (non-hydrogen) atoms. The number of nitrogens with zero attached hydrogens (tertiary/aromatic N) is 1. The van der Waals surface area contributed by atoms with E-state index in [2.05, 4.69) is 15.6 Å². The van der Waals surface area contributed by atoms with Crippen molar-refractivity contribution in [1.29, 1.82) is 0 Å². The van der Waals surface area contributed by atoms with Gasteiger partial charge in [-0.05, 0) is 32.4 Å². The van der Waals surface area contributed by atoms with E-state index < -0.39 is 0 Å². The molecule has 0 fully saturated rings. The zero-order valence-electron chi connectivity index (χ0n) is 11.8. The Morgan fingerprint density at radius 3 is 2.95 bits per heavy atom. The van der Waals surface area contributed by atoms with E-state index in [-0.39, 0.29) is 30.5 Å². The number of aliphatic hydroxyl groups is 1. The van der Waals surface area contributed by atoms with E-state index in [1.807, 2.05) is 26.0 Å². The van der Waals surface area contributed by atoms with Crippen molar-refractivity contribution in [3.8, 4) is 0 Å². The molecular formula is C15H21N3O2. The largest absolute Gasteiger partial charge is 0.396 e. The number of hydrogen-bond acceptors (Lipinski definition) is 4. The van der Waals surface area contributed by atoms with Crippen molar-refractivity contribution in [3.05, 3.63) is 36.0 Å². The minimum atomic E-state index is -0.144. The second-order valence-electron chi connectivity index (χ2n) is 5.34. The van der Waals surface area contributed by atoms with Gasteiger partial charge in [0.2, 0.25) is 0 Å². The number of pyridine rings is 1. The second kappa shape index (κ2) is 6.52. The van der Waals surface area contributed by atoms with E-state index in [4.69, 9.17) is 5.11 Å². The molecule has 0 aromatic carbocycles. The lowest BCUT2D eigenvalue weighted by molar-refractivity contribution is 0.0941. The van der Waals surface area contributed by atoms with Crippen LogP contribution in [0.4, 0.5) is 5.82 Å². The summed E-state index contributed by atoms with van der Waals surface area (Å²) >= 11 is 0. The number of nitrogens with one attached hydrogen (secondary N) is 2. The van der Waals surface area contributed by atoms with Crippen LogP contribution in [-0.2, 0) is 0 Å². The third-order valence-corrected chi connectivity index (χ3v) is 3.20.